The van der Waals surface area contributed by atoms with Crippen LogP contribution in [0, 0.1) is 6.92 Å². The molecule has 0 saturated heterocycles. The number of para-hydroxylation sites is 2. The Hall–Kier alpha value is -2.82. The van der Waals surface area contributed by atoms with Crippen LogP contribution in [0.15, 0.2) is 48.8 Å². The van der Waals surface area contributed by atoms with E-state index in [1.165, 1.54) is 0 Å². The van der Waals surface area contributed by atoms with Gasteiger partial charge >= 0.3 is 0 Å². The molecule has 0 saturated carbocycles. The summed E-state index contributed by atoms with van der Waals surface area (Å²) < 4.78 is 1.99. The number of anilines is 2. The van der Waals surface area contributed by atoms with Crippen LogP contribution in [0.1, 0.15) is 12.0 Å². The number of nitrogen functional groups attached to an aromatic ring is 1. The van der Waals surface area contributed by atoms with E-state index in [4.69, 9.17) is 5.73 Å². The van der Waals surface area contributed by atoms with Crippen LogP contribution in [0.3, 0.4) is 0 Å². The zero-order valence-corrected chi connectivity index (χ0v) is 12.4. The van der Waals surface area contributed by atoms with Crippen molar-refractivity contribution in [1.29, 1.82) is 0 Å². The van der Waals surface area contributed by atoms with Gasteiger partial charge in [-0.15, -0.1) is 0 Å². The molecule has 3 rings (SSSR count). The van der Waals surface area contributed by atoms with Crippen molar-refractivity contribution in [1.82, 2.24) is 9.55 Å². The van der Waals surface area contributed by atoms with Gasteiger partial charge in [-0.1, -0.05) is 12.1 Å². The summed E-state index contributed by atoms with van der Waals surface area (Å²) in [7, 11) is 0. The minimum atomic E-state index is -0.0225. The predicted octanol–water partition coefficient (Wildman–Crippen LogP) is 2.96. The maximum absolute atomic E-state index is 12.1. The van der Waals surface area contributed by atoms with Crippen molar-refractivity contribution in [2.75, 3.05) is 11.1 Å². The van der Waals surface area contributed by atoms with Gasteiger partial charge in [-0.05, 0) is 42.8 Å². The molecule has 0 spiro atoms. The Balaban J connectivity index is 1.65. The lowest BCUT2D eigenvalue weighted by Gasteiger charge is -2.09. The van der Waals surface area contributed by atoms with Gasteiger partial charge in [0.1, 0.15) is 0 Å². The first-order chi connectivity index (χ1) is 10.6. The second kappa shape index (κ2) is 5.89. The second-order valence-electron chi connectivity index (χ2n) is 5.30. The number of amides is 1. The maximum atomic E-state index is 12.1. The third-order valence-corrected chi connectivity index (χ3v) is 3.63. The lowest BCUT2D eigenvalue weighted by molar-refractivity contribution is -0.116. The third kappa shape index (κ3) is 2.93. The average molecular weight is 294 g/mol. The third-order valence-electron chi connectivity index (χ3n) is 3.63. The van der Waals surface area contributed by atoms with Crippen molar-refractivity contribution in [2.24, 2.45) is 0 Å². The number of fused-ring (bicyclic) bond motifs is 1. The topological polar surface area (TPSA) is 72.9 Å². The highest BCUT2D eigenvalue weighted by molar-refractivity contribution is 5.91. The summed E-state index contributed by atoms with van der Waals surface area (Å²) in [6.07, 6.45) is 2.16. The summed E-state index contributed by atoms with van der Waals surface area (Å²) in [5, 5.41) is 2.92. The van der Waals surface area contributed by atoms with Crippen LogP contribution in [-0.4, -0.2) is 15.5 Å². The lowest BCUT2D eigenvalue weighted by atomic mass is 10.2. The Labute approximate surface area is 128 Å². The number of nitrogens with one attached hydrogen (secondary N) is 1. The molecule has 3 aromatic rings. The van der Waals surface area contributed by atoms with E-state index in [2.05, 4.69) is 10.3 Å². The fraction of sp³-hybridized carbons (Fsp3) is 0.176. The molecule has 0 aliphatic rings. The molecule has 2 aromatic carbocycles. The Morgan fingerprint density at radius 2 is 2.09 bits per heavy atom. The second-order valence-corrected chi connectivity index (χ2v) is 5.30. The molecule has 3 N–H and O–H groups in total. The molecule has 22 heavy (non-hydrogen) atoms. The zero-order valence-electron chi connectivity index (χ0n) is 12.4. The maximum Gasteiger partial charge on any atom is 0.226 e. The van der Waals surface area contributed by atoms with Crippen molar-refractivity contribution < 1.29 is 4.79 Å². The van der Waals surface area contributed by atoms with Gasteiger partial charge in [-0.2, -0.15) is 0 Å². The van der Waals surface area contributed by atoms with Gasteiger partial charge in [0.25, 0.3) is 0 Å². The van der Waals surface area contributed by atoms with Crippen LogP contribution in [0.2, 0.25) is 0 Å². The van der Waals surface area contributed by atoms with Gasteiger partial charge in [0, 0.05) is 24.3 Å². The van der Waals surface area contributed by atoms with Crippen LogP contribution in [-0.2, 0) is 11.3 Å². The summed E-state index contributed by atoms with van der Waals surface area (Å²) in [4.78, 5) is 16.4. The molecular formula is C17H18N4O. The fourth-order valence-corrected chi connectivity index (χ4v) is 2.45. The highest BCUT2D eigenvalue weighted by atomic mass is 16.1. The van der Waals surface area contributed by atoms with E-state index in [1.807, 2.05) is 47.9 Å². The van der Waals surface area contributed by atoms with Crippen molar-refractivity contribution in [3.8, 4) is 0 Å². The van der Waals surface area contributed by atoms with Gasteiger partial charge in [0.05, 0.1) is 17.4 Å². The standard InChI is InChI=1S/C17H18N4O/c1-12-10-13(18)6-7-14(12)20-17(22)8-9-21-11-19-15-4-2-3-5-16(15)21/h2-7,10-11H,8-9,18H2,1H3,(H,20,22). The van der Waals surface area contributed by atoms with Gasteiger partial charge in [0.2, 0.25) is 5.91 Å². The van der Waals surface area contributed by atoms with Crippen LogP contribution in [0.4, 0.5) is 11.4 Å². The predicted molar refractivity (Wildman–Crippen MR) is 88.6 cm³/mol. The molecule has 0 aliphatic heterocycles. The zero-order chi connectivity index (χ0) is 15.5. The number of nitrogens with zero attached hydrogens (tertiary/aromatic N) is 2. The number of rotatable bonds is 4. The number of aryl methyl sites for hydroxylation is 2. The molecule has 1 heterocycles. The van der Waals surface area contributed by atoms with Gasteiger partial charge in [0.15, 0.2) is 0 Å². The Morgan fingerprint density at radius 1 is 1.27 bits per heavy atom. The van der Waals surface area contributed by atoms with Crippen molar-refractivity contribution in [3.05, 3.63) is 54.4 Å². The number of aromatic nitrogens is 2. The number of hydrogen-bond donors (Lipinski definition) is 2. The number of carbonyl (C=O) groups is 1. The summed E-state index contributed by atoms with van der Waals surface area (Å²) in [5.74, 6) is -0.0225. The van der Waals surface area contributed by atoms with E-state index in [0.717, 1.165) is 22.3 Å². The minimum Gasteiger partial charge on any atom is -0.399 e. The molecular weight excluding hydrogens is 276 g/mol. The first-order valence-electron chi connectivity index (χ1n) is 7.19. The first kappa shape index (κ1) is 14.1. The largest absolute Gasteiger partial charge is 0.399 e. The molecule has 5 heteroatoms. The quantitative estimate of drug-likeness (QED) is 0.727. The van der Waals surface area contributed by atoms with Gasteiger partial charge in [-0.25, -0.2) is 4.98 Å². The Kier molecular flexibility index (Phi) is 3.78. The van der Waals surface area contributed by atoms with E-state index < -0.39 is 0 Å². The fourth-order valence-electron chi connectivity index (χ4n) is 2.45. The summed E-state index contributed by atoms with van der Waals surface area (Å²) in [6, 6.07) is 13.3. The van der Waals surface area contributed by atoms with Crippen molar-refractivity contribution in [2.45, 2.75) is 19.9 Å². The van der Waals surface area contributed by atoms with Crippen LogP contribution < -0.4 is 11.1 Å². The highest BCUT2D eigenvalue weighted by Gasteiger charge is 2.07. The summed E-state index contributed by atoms with van der Waals surface area (Å²) in [6.45, 7) is 2.52. The molecule has 5 nitrogen and oxygen atoms in total. The summed E-state index contributed by atoms with van der Waals surface area (Å²) in [5.41, 5.74) is 10.1. The molecule has 1 aromatic heterocycles. The molecule has 0 radical (unpaired) electrons. The van der Waals surface area contributed by atoms with Crippen LogP contribution >= 0.6 is 0 Å². The molecule has 0 fully saturated rings. The number of carbonyl (C=O) groups excluding carboxylic acids is 1. The first-order valence-corrected chi connectivity index (χ1v) is 7.19. The molecule has 0 atom stereocenters. The Morgan fingerprint density at radius 3 is 2.91 bits per heavy atom. The van der Waals surface area contributed by atoms with Crippen molar-refractivity contribution in [3.63, 3.8) is 0 Å². The van der Waals surface area contributed by atoms with Crippen LogP contribution in [0.5, 0.6) is 0 Å². The van der Waals surface area contributed by atoms with E-state index in [9.17, 15) is 4.79 Å². The highest BCUT2D eigenvalue weighted by Crippen LogP contribution is 2.18. The normalized spacial score (nSPS) is 10.8. The molecule has 1 amide bonds. The van der Waals surface area contributed by atoms with E-state index in [-0.39, 0.29) is 5.91 Å². The van der Waals surface area contributed by atoms with E-state index in [1.54, 1.807) is 12.4 Å². The average Bonchev–Trinajstić information content (AvgIpc) is 2.91. The number of benzene rings is 2. The molecule has 0 bridgehead atoms. The number of hydrogen-bond acceptors (Lipinski definition) is 3. The number of imidazole rings is 1. The molecule has 0 aliphatic carbocycles. The SMILES string of the molecule is Cc1cc(N)ccc1NC(=O)CCn1cnc2ccccc21. The molecule has 112 valence electrons. The lowest BCUT2D eigenvalue weighted by Crippen LogP contribution is -2.15. The minimum absolute atomic E-state index is 0.0225. The van der Waals surface area contributed by atoms with E-state index >= 15 is 0 Å². The van der Waals surface area contributed by atoms with Crippen LogP contribution in [0.25, 0.3) is 11.0 Å². The van der Waals surface area contributed by atoms with E-state index in [0.29, 0.717) is 18.7 Å². The smallest absolute Gasteiger partial charge is 0.226 e. The number of nitrogens with two attached hydrogens (primary N) is 1. The summed E-state index contributed by atoms with van der Waals surface area (Å²) >= 11 is 0. The molecule has 0 unspecified atom stereocenters. The van der Waals surface area contributed by atoms with Gasteiger partial charge < -0.3 is 15.6 Å². The Bertz CT molecular complexity index is 822. The van der Waals surface area contributed by atoms with Gasteiger partial charge in [-0.3, -0.25) is 4.79 Å². The van der Waals surface area contributed by atoms with Crippen molar-refractivity contribution >= 4 is 28.3 Å². The monoisotopic (exact) mass is 294 g/mol.